The van der Waals surface area contributed by atoms with E-state index in [9.17, 15) is 8.42 Å². The zero-order chi connectivity index (χ0) is 12.7. The monoisotopic (exact) mass is 247 g/mol. The molecule has 0 aromatic heterocycles. The molecule has 3 nitrogen and oxygen atoms in total. The molecule has 0 aromatic rings. The average molecular weight is 247 g/mol. The van der Waals surface area contributed by atoms with Crippen LogP contribution in [-0.2, 0) is 9.84 Å². The average Bonchev–Trinajstić information content (AvgIpc) is 2.44. The number of likely N-dealkylation sites (tertiary alicyclic amines) is 1. The third-order valence-corrected chi connectivity index (χ3v) is 5.09. The van der Waals surface area contributed by atoms with Gasteiger partial charge in [0, 0.05) is 24.4 Å². The van der Waals surface area contributed by atoms with Crippen LogP contribution in [0.25, 0.3) is 0 Å². The van der Waals surface area contributed by atoms with E-state index in [2.05, 4.69) is 39.5 Å². The largest absolute Gasteiger partial charge is 0.294 e. The lowest BCUT2D eigenvalue weighted by Crippen LogP contribution is -2.46. The van der Waals surface area contributed by atoms with Gasteiger partial charge in [0.25, 0.3) is 0 Å². The van der Waals surface area contributed by atoms with Crippen molar-refractivity contribution in [1.82, 2.24) is 4.90 Å². The molecular weight excluding hydrogens is 222 g/mol. The van der Waals surface area contributed by atoms with Gasteiger partial charge in [-0.05, 0) is 33.1 Å². The summed E-state index contributed by atoms with van der Waals surface area (Å²) in [5.74, 6) is 0.506. The maximum absolute atomic E-state index is 11.6. The number of hydrogen-bond acceptors (Lipinski definition) is 3. The van der Waals surface area contributed by atoms with Gasteiger partial charge in [-0.2, -0.15) is 0 Å². The number of hydrogen-bond donors (Lipinski definition) is 0. The topological polar surface area (TPSA) is 37.4 Å². The lowest BCUT2D eigenvalue weighted by atomic mass is 9.97. The lowest BCUT2D eigenvalue weighted by molar-refractivity contribution is 0.0958. The maximum atomic E-state index is 11.6. The first kappa shape index (κ1) is 14.0. The quantitative estimate of drug-likeness (QED) is 0.748. The van der Waals surface area contributed by atoms with Crippen molar-refractivity contribution < 1.29 is 8.42 Å². The maximum Gasteiger partial charge on any atom is 0.151 e. The first-order valence-electron chi connectivity index (χ1n) is 5.99. The Morgan fingerprint density at radius 2 is 1.75 bits per heavy atom. The van der Waals surface area contributed by atoms with Crippen molar-refractivity contribution in [2.45, 2.75) is 57.9 Å². The SMILES string of the molecule is CC(C)C1CC(S(C)(=O)=O)CN1C(C)(C)C. The van der Waals surface area contributed by atoms with Crippen LogP contribution in [0.4, 0.5) is 0 Å². The van der Waals surface area contributed by atoms with Crippen molar-refractivity contribution in [3.8, 4) is 0 Å². The molecule has 0 N–H and O–H groups in total. The van der Waals surface area contributed by atoms with Gasteiger partial charge >= 0.3 is 0 Å². The standard InChI is InChI=1S/C12H25NO2S/c1-9(2)11-7-10(16(6,14)15)8-13(11)12(3,4)5/h9-11H,7-8H2,1-6H3. The van der Waals surface area contributed by atoms with Gasteiger partial charge in [-0.15, -0.1) is 0 Å². The smallest absolute Gasteiger partial charge is 0.151 e. The van der Waals surface area contributed by atoms with E-state index < -0.39 is 9.84 Å². The van der Waals surface area contributed by atoms with Crippen LogP contribution in [0.1, 0.15) is 41.0 Å². The molecule has 0 bridgehead atoms. The van der Waals surface area contributed by atoms with Crippen LogP contribution in [0.5, 0.6) is 0 Å². The summed E-state index contributed by atoms with van der Waals surface area (Å²) in [5.41, 5.74) is 0.0500. The third-order valence-electron chi connectivity index (χ3n) is 3.54. The molecule has 1 heterocycles. The highest BCUT2D eigenvalue weighted by Crippen LogP contribution is 2.33. The van der Waals surface area contributed by atoms with Gasteiger partial charge in [0.05, 0.1) is 5.25 Å². The Bertz CT molecular complexity index is 341. The first-order valence-corrected chi connectivity index (χ1v) is 7.94. The molecule has 2 unspecified atom stereocenters. The van der Waals surface area contributed by atoms with E-state index in [4.69, 9.17) is 0 Å². The molecule has 96 valence electrons. The van der Waals surface area contributed by atoms with Crippen LogP contribution in [0.3, 0.4) is 0 Å². The van der Waals surface area contributed by atoms with Gasteiger partial charge in [-0.3, -0.25) is 4.90 Å². The Kier molecular flexibility index (Phi) is 3.75. The van der Waals surface area contributed by atoms with Gasteiger partial charge < -0.3 is 0 Å². The van der Waals surface area contributed by atoms with Crippen molar-refractivity contribution in [3.05, 3.63) is 0 Å². The Balaban J connectivity index is 2.94. The summed E-state index contributed by atoms with van der Waals surface area (Å²) < 4.78 is 23.3. The van der Waals surface area contributed by atoms with E-state index in [1.165, 1.54) is 6.26 Å². The second-order valence-corrected chi connectivity index (χ2v) is 8.65. The summed E-state index contributed by atoms with van der Waals surface area (Å²) in [6.07, 6.45) is 2.15. The van der Waals surface area contributed by atoms with E-state index in [0.717, 1.165) is 6.42 Å². The predicted octanol–water partition coefficient (Wildman–Crippen LogP) is 1.93. The summed E-state index contributed by atoms with van der Waals surface area (Å²) in [5, 5.41) is -0.181. The molecule has 2 atom stereocenters. The van der Waals surface area contributed by atoms with Gasteiger partial charge in [0.1, 0.15) is 0 Å². The highest BCUT2D eigenvalue weighted by atomic mass is 32.2. The predicted molar refractivity (Wildman–Crippen MR) is 68.3 cm³/mol. The Morgan fingerprint density at radius 1 is 1.25 bits per heavy atom. The summed E-state index contributed by atoms with van der Waals surface area (Å²) >= 11 is 0. The molecule has 4 heteroatoms. The Hall–Kier alpha value is -0.0900. The van der Waals surface area contributed by atoms with Crippen molar-refractivity contribution in [1.29, 1.82) is 0 Å². The molecule has 0 amide bonds. The van der Waals surface area contributed by atoms with E-state index in [-0.39, 0.29) is 10.8 Å². The molecule has 0 aromatic carbocycles. The minimum atomic E-state index is -2.90. The van der Waals surface area contributed by atoms with E-state index in [1.807, 2.05) is 0 Å². The van der Waals surface area contributed by atoms with Gasteiger partial charge in [0.2, 0.25) is 0 Å². The molecule has 0 spiro atoms. The normalized spacial score (nSPS) is 28.9. The second kappa shape index (κ2) is 4.30. The first-order chi connectivity index (χ1) is 7.03. The number of rotatable bonds is 2. The van der Waals surface area contributed by atoms with Crippen LogP contribution in [0, 0.1) is 5.92 Å². The summed E-state index contributed by atoms with van der Waals surface area (Å²) in [7, 11) is -2.90. The van der Waals surface area contributed by atoms with E-state index >= 15 is 0 Å². The highest BCUT2D eigenvalue weighted by Gasteiger charge is 2.42. The van der Waals surface area contributed by atoms with Crippen LogP contribution in [-0.4, -0.2) is 42.9 Å². The molecule has 1 aliphatic rings. The molecule has 0 saturated carbocycles. The second-order valence-electron chi connectivity index (χ2n) is 6.32. The van der Waals surface area contributed by atoms with Crippen molar-refractivity contribution in [2.24, 2.45) is 5.92 Å². The van der Waals surface area contributed by atoms with Crippen molar-refractivity contribution in [3.63, 3.8) is 0 Å². The minimum Gasteiger partial charge on any atom is -0.294 e. The van der Waals surface area contributed by atoms with Crippen LogP contribution >= 0.6 is 0 Å². The minimum absolute atomic E-state index is 0.0500. The van der Waals surface area contributed by atoms with E-state index in [1.54, 1.807) is 0 Å². The van der Waals surface area contributed by atoms with Crippen molar-refractivity contribution in [2.75, 3.05) is 12.8 Å². The number of nitrogens with zero attached hydrogens (tertiary/aromatic N) is 1. The number of sulfone groups is 1. The molecular formula is C12H25NO2S. The fraction of sp³-hybridized carbons (Fsp3) is 1.00. The van der Waals surface area contributed by atoms with Crippen LogP contribution < -0.4 is 0 Å². The molecule has 16 heavy (non-hydrogen) atoms. The summed E-state index contributed by atoms with van der Waals surface area (Å²) in [6.45, 7) is 11.5. The summed E-state index contributed by atoms with van der Waals surface area (Å²) in [6, 6.07) is 0.389. The fourth-order valence-corrected chi connectivity index (χ4v) is 3.52. The van der Waals surface area contributed by atoms with Gasteiger partial charge in [0.15, 0.2) is 9.84 Å². The van der Waals surface area contributed by atoms with Crippen LogP contribution in [0.15, 0.2) is 0 Å². The lowest BCUT2D eigenvalue weighted by Gasteiger charge is -2.38. The molecule has 1 saturated heterocycles. The third kappa shape index (κ3) is 2.98. The zero-order valence-corrected chi connectivity index (χ0v) is 12.1. The van der Waals surface area contributed by atoms with E-state index in [0.29, 0.717) is 18.5 Å². The molecule has 1 fully saturated rings. The zero-order valence-electron chi connectivity index (χ0n) is 11.3. The van der Waals surface area contributed by atoms with Gasteiger partial charge in [-0.1, -0.05) is 13.8 Å². The fourth-order valence-electron chi connectivity index (χ4n) is 2.54. The summed E-state index contributed by atoms with van der Waals surface area (Å²) in [4.78, 5) is 2.35. The molecule has 0 aliphatic carbocycles. The van der Waals surface area contributed by atoms with Crippen LogP contribution in [0.2, 0.25) is 0 Å². The van der Waals surface area contributed by atoms with Gasteiger partial charge in [-0.25, -0.2) is 8.42 Å². The molecule has 0 radical (unpaired) electrons. The Labute approximate surface area is 100 Å². The molecule has 1 rings (SSSR count). The molecule has 1 aliphatic heterocycles. The highest BCUT2D eigenvalue weighted by molar-refractivity contribution is 7.91. The Morgan fingerprint density at radius 3 is 2.00 bits per heavy atom. The van der Waals surface area contributed by atoms with Crippen molar-refractivity contribution >= 4 is 9.84 Å².